The Bertz CT molecular complexity index is 756. The van der Waals surface area contributed by atoms with Crippen LogP contribution in [0.25, 0.3) is 10.8 Å². The van der Waals surface area contributed by atoms with Gasteiger partial charge in [0.1, 0.15) is 6.04 Å². The number of nitrogens with one attached hydrogen (secondary N) is 1. The Morgan fingerprint density at radius 2 is 1.90 bits per heavy atom. The van der Waals surface area contributed by atoms with Crippen molar-refractivity contribution >= 4 is 27.8 Å². The topological polar surface area (TPSA) is 55.2 Å². The fourth-order valence-electron chi connectivity index (χ4n) is 2.33. The summed E-state index contributed by atoms with van der Waals surface area (Å²) >= 11 is 1.53. The Kier molecular flexibility index (Phi) is 3.83. The number of rotatable bonds is 5. The molecule has 0 radical (unpaired) electrons. The van der Waals surface area contributed by atoms with E-state index in [1.807, 2.05) is 60.0 Å². The summed E-state index contributed by atoms with van der Waals surface area (Å²) in [6, 6.07) is 17.6. The van der Waals surface area contributed by atoms with Crippen LogP contribution < -0.4 is 5.32 Å². The van der Waals surface area contributed by atoms with Crippen molar-refractivity contribution < 1.29 is 4.92 Å². The smallest absolute Gasteiger partial charge is 0.228 e. The highest BCUT2D eigenvalue weighted by Gasteiger charge is 2.18. The van der Waals surface area contributed by atoms with Crippen LogP contribution in [0.2, 0.25) is 0 Å². The van der Waals surface area contributed by atoms with Crippen molar-refractivity contribution in [3.63, 3.8) is 0 Å². The third-order valence-corrected chi connectivity index (χ3v) is 4.29. The first-order valence-corrected chi connectivity index (χ1v) is 7.51. The summed E-state index contributed by atoms with van der Waals surface area (Å²) in [4.78, 5) is 11.6. The maximum atomic E-state index is 10.9. The molecule has 0 aliphatic carbocycles. The fraction of sp³-hybridized carbons (Fsp3) is 0.125. The average molecular weight is 298 g/mol. The predicted molar refractivity (Wildman–Crippen MR) is 86.5 cm³/mol. The quantitative estimate of drug-likeness (QED) is 0.563. The van der Waals surface area contributed by atoms with E-state index >= 15 is 0 Å². The normalized spacial score (nSPS) is 12.2. The van der Waals surface area contributed by atoms with Crippen LogP contribution in [0.15, 0.2) is 60.0 Å². The van der Waals surface area contributed by atoms with Crippen LogP contribution in [0.4, 0.5) is 5.69 Å². The molecule has 0 aliphatic heterocycles. The Morgan fingerprint density at radius 3 is 2.62 bits per heavy atom. The number of hydrogen-bond acceptors (Lipinski definition) is 4. The lowest BCUT2D eigenvalue weighted by Crippen LogP contribution is -2.19. The van der Waals surface area contributed by atoms with E-state index in [9.17, 15) is 10.1 Å². The first-order chi connectivity index (χ1) is 10.2. The molecular formula is C16H14N2O2S. The van der Waals surface area contributed by atoms with Crippen molar-refractivity contribution in [2.24, 2.45) is 0 Å². The van der Waals surface area contributed by atoms with Crippen molar-refractivity contribution in [3.8, 4) is 0 Å². The Morgan fingerprint density at radius 1 is 1.10 bits per heavy atom. The molecule has 0 saturated heterocycles. The average Bonchev–Trinajstić information content (AvgIpc) is 3.00. The lowest BCUT2D eigenvalue weighted by atomic mass is 10.1. The summed E-state index contributed by atoms with van der Waals surface area (Å²) < 4.78 is 0. The molecule has 4 nitrogen and oxygen atoms in total. The van der Waals surface area contributed by atoms with Crippen molar-refractivity contribution in [1.82, 2.24) is 0 Å². The van der Waals surface area contributed by atoms with Gasteiger partial charge >= 0.3 is 0 Å². The summed E-state index contributed by atoms with van der Waals surface area (Å²) in [5, 5.41) is 18.4. The summed E-state index contributed by atoms with van der Waals surface area (Å²) in [6.07, 6.45) is 0. The van der Waals surface area contributed by atoms with Crippen LogP contribution in [0.5, 0.6) is 0 Å². The van der Waals surface area contributed by atoms with Crippen molar-refractivity contribution in [1.29, 1.82) is 0 Å². The lowest BCUT2D eigenvalue weighted by molar-refractivity contribution is -0.482. The molecule has 1 atom stereocenters. The largest absolute Gasteiger partial charge is 0.372 e. The highest BCUT2D eigenvalue weighted by molar-refractivity contribution is 7.10. The third kappa shape index (κ3) is 3.20. The van der Waals surface area contributed by atoms with Crippen LogP contribution in [0, 0.1) is 10.1 Å². The maximum absolute atomic E-state index is 10.9. The molecule has 5 heteroatoms. The molecule has 0 fully saturated rings. The zero-order valence-corrected chi connectivity index (χ0v) is 12.0. The Labute approximate surface area is 126 Å². The van der Waals surface area contributed by atoms with E-state index in [0.29, 0.717) is 0 Å². The van der Waals surface area contributed by atoms with Gasteiger partial charge in [-0.1, -0.05) is 36.4 Å². The van der Waals surface area contributed by atoms with E-state index in [1.54, 1.807) is 0 Å². The summed E-state index contributed by atoms with van der Waals surface area (Å²) in [6.45, 7) is -0.132. The number of thiophene rings is 1. The molecule has 1 unspecified atom stereocenters. The van der Waals surface area contributed by atoms with Gasteiger partial charge in [0.05, 0.1) is 0 Å². The van der Waals surface area contributed by atoms with E-state index in [2.05, 4.69) is 5.32 Å². The molecule has 106 valence electrons. The summed E-state index contributed by atoms with van der Waals surface area (Å²) in [7, 11) is 0. The van der Waals surface area contributed by atoms with Crippen LogP contribution in [-0.4, -0.2) is 11.5 Å². The first kappa shape index (κ1) is 13.6. The van der Waals surface area contributed by atoms with E-state index in [-0.39, 0.29) is 17.5 Å². The van der Waals surface area contributed by atoms with Gasteiger partial charge in [-0.05, 0) is 34.4 Å². The van der Waals surface area contributed by atoms with E-state index < -0.39 is 0 Å². The van der Waals surface area contributed by atoms with E-state index in [1.165, 1.54) is 11.3 Å². The van der Waals surface area contributed by atoms with Gasteiger partial charge in [-0.25, -0.2) is 0 Å². The standard InChI is InChI=1S/C16H14N2O2S/c19-18(20)11-15(16-6-3-9-21-16)17-14-8-7-12-4-1-2-5-13(12)10-14/h1-10,15,17H,11H2. The zero-order chi connectivity index (χ0) is 14.7. The molecule has 0 bridgehead atoms. The van der Waals surface area contributed by atoms with Gasteiger partial charge in [0, 0.05) is 15.5 Å². The fourth-order valence-corrected chi connectivity index (χ4v) is 3.09. The molecule has 0 aliphatic rings. The van der Waals surface area contributed by atoms with Crippen molar-refractivity contribution in [2.75, 3.05) is 11.9 Å². The second-order valence-electron chi connectivity index (χ2n) is 4.79. The van der Waals surface area contributed by atoms with Gasteiger partial charge in [-0.2, -0.15) is 0 Å². The first-order valence-electron chi connectivity index (χ1n) is 6.63. The Hall–Kier alpha value is -2.40. The minimum atomic E-state index is -0.304. The van der Waals surface area contributed by atoms with Crippen LogP contribution >= 0.6 is 11.3 Å². The molecule has 0 amide bonds. The monoisotopic (exact) mass is 298 g/mol. The number of fused-ring (bicyclic) bond motifs is 1. The summed E-state index contributed by atoms with van der Waals surface area (Å²) in [5.41, 5.74) is 0.897. The number of hydrogen-bond donors (Lipinski definition) is 1. The summed E-state index contributed by atoms with van der Waals surface area (Å²) in [5.74, 6) is 0. The highest BCUT2D eigenvalue weighted by Crippen LogP contribution is 2.26. The third-order valence-electron chi connectivity index (χ3n) is 3.31. The van der Waals surface area contributed by atoms with Gasteiger partial charge in [-0.3, -0.25) is 10.1 Å². The second-order valence-corrected chi connectivity index (χ2v) is 5.77. The molecule has 21 heavy (non-hydrogen) atoms. The SMILES string of the molecule is O=[N+]([O-])CC(Nc1ccc2ccccc2c1)c1cccs1. The van der Waals surface area contributed by atoms with Crippen molar-refractivity contribution in [2.45, 2.75) is 6.04 Å². The van der Waals surface area contributed by atoms with Gasteiger partial charge < -0.3 is 5.32 Å². The minimum absolute atomic E-state index is 0.132. The molecule has 3 aromatic rings. The molecular weight excluding hydrogens is 284 g/mol. The molecule has 1 N–H and O–H groups in total. The maximum Gasteiger partial charge on any atom is 0.228 e. The molecule has 1 heterocycles. The van der Waals surface area contributed by atoms with Crippen LogP contribution in [0.3, 0.4) is 0 Å². The lowest BCUT2D eigenvalue weighted by Gasteiger charge is -2.15. The van der Waals surface area contributed by atoms with E-state index in [4.69, 9.17) is 0 Å². The number of benzene rings is 2. The molecule has 2 aromatic carbocycles. The molecule has 0 spiro atoms. The number of nitro groups is 1. The number of nitrogens with zero attached hydrogens (tertiary/aromatic N) is 1. The van der Waals surface area contributed by atoms with Gasteiger partial charge in [0.15, 0.2) is 0 Å². The van der Waals surface area contributed by atoms with Crippen LogP contribution in [0.1, 0.15) is 10.9 Å². The van der Waals surface area contributed by atoms with Gasteiger partial charge in [-0.15, -0.1) is 11.3 Å². The Balaban J connectivity index is 1.88. The second kappa shape index (κ2) is 5.93. The minimum Gasteiger partial charge on any atom is -0.372 e. The van der Waals surface area contributed by atoms with Gasteiger partial charge in [0.25, 0.3) is 0 Å². The van der Waals surface area contributed by atoms with Crippen molar-refractivity contribution in [3.05, 3.63) is 75.0 Å². The molecule has 1 aromatic heterocycles. The highest BCUT2D eigenvalue weighted by atomic mass is 32.1. The number of anilines is 1. The van der Waals surface area contributed by atoms with Gasteiger partial charge in [0.2, 0.25) is 6.54 Å². The van der Waals surface area contributed by atoms with Crippen LogP contribution in [-0.2, 0) is 0 Å². The zero-order valence-electron chi connectivity index (χ0n) is 11.2. The van der Waals surface area contributed by atoms with E-state index in [0.717, 1.165) is 21.3 Å². The molecule has 0 saturated carbocycles. The predicted octanol–water partition coefficient (Wildman–Crippen LogP) is 4.33. The molecule has 3 rings (SSSR count).